The first-order chi connectivity index (χ1) is 15.7. The maximum absolute atomic E-state index is 12.9. The smallest absolute Gasteiger partial charge is 0.253 e. The molecule has 0 aliphatic carbocycles. The van der Waals surface area contributed by atoms with E-state index >= 15 is 0 Å². The van der Waals surface area contributed by atoms with Gasteiger partial charge in [-0.1, -0.05) is 24.3 Å². The fraction of sp³-hybridized carbons (Fsp3) is 0.250. The monoisotopic (exact) mass is 427 g/mol. The highest BCUT2D eigenvalue weighted by molar-refractivity contribution is 5.94. The molecule has 2 aromatic heterocycles. The molecule has 0 atom stereocenters. The van der Waals surface area contributed by atoms with Gasteiger partial charge in [-0.2, -0.15) is 5.10 Å². The van der Waals surface area contributed by atoms with Gasteiger partial charge in [0, 0.05) is 49.5 Å². The number of hydrogen-bond donors (Lipinski definition) is 1. The van der Waals surface area contributed by atoms with Crippen molar-refractivity contribution in [2.24, 2.45) is 0 Å². The first-order valence-electron chi connectivity index (χ1n) is 10.7. The number of nitrogens with zero attached hydrogens (tertiary/aromatic N) is 6. The molecule has 2 aromatic carbocycles. The number of aromatic nitrogens is 4. The van der Waals surface area contributed by atoms with Crippen molar-refractivity contribution in [3.63, 3.8) is 0 Å². The average molecular weight is 428 g/mol. The lowest BCUT2D eigenvalue weighted by Gasteiger charge is -2.34. The molecule has 0 unspecified atom stereocenters. The van der Waals surface area contributed by atoms with Gasteiger partial charge in [0.05, 0.1) is 18.6 Å². The zero-order chi connectivity index (χ0) is 21.9. The van der Waals surface area contributed by atoms with Crippen LogP contribution in [-0.2, 0) is 13.1 Å². The van der Waals surface area contributed by atoms with Gasteiger partial charge in [0.1, 0.15) is 11.6 Å². The largest absolute Gasteiger partial charge is 0.383 e. The molecule has 1 aliphatic heterocycles. The SMILES string of the molecule is Nc1nc(CN2CCN(C(=O)c3ccc(Cn4cccn4)cc3)CC2)nc2ccccc12. The topological polar surface area (TPSA) is 93.2 Å². The second kappa shape index (κ2) is 8.76. The Labute approximate surface area is 186 Å². The predicted molar refractivity (Wildman–Crippen MR) is 123 cm³/mol. The summed E-state index contributed by atoms with van der Waals surface area (Å²) >= 11 is 0. The van der Waals surface area contributed by atoms with Gasteiger partial charge in [-0.15, -0.1) is 0 Å². The first kappa shape index (κ1) is 20.1. The van der Waals surface area contributed by atoms with Gasteiger partial charge in [0.25, 0.3) is 5.91 Å². The van der Waals surface area contributed by atoms with Crippen LogP contribution in [-0.4, -0.2) is 61.6 Å². The van der Waals surface area contributed by atoms with Gasteiger partial charge in [0.15, 0.2) is 0 Å². The Hall–Kier alpha value is -3.78. The third-order valence-electron chi connectivity index (χ3n) is 5.81. The molecule has 0 spiro atoms. The fourth-order valence-electron chi connectivity index (χ4n) is 4.05. The third kappa shape index (κ3) is 4.31. The lowest BCUT2D eigenvalue weighted by Crippen LogP contribution is -2.48. The summed E-state index contributed by atoms with van der Waals surface area (Å²) in [7, 11) is 0. The van der Waals surface area contributed by atoms with Crippen LogP contribution in [0.2, 0.25) is 0 Å². The Morgan fingerprint density at radius 2 is 1.69 bits per heavy atom. The molecular weight excluding hydrogens is 402 g/mol. The predicted octanol–water partition coefficient (Wildman–Crippen LogP) is 2.41. The number of fused-ring (bicyclic) bond motifs is 1. The number of carbonyl (C=O) groups excluding carboxylic acids is 1. The van der Waals surface area contributed by atoms with Crippen molar-refractivity contribution in [2.45, 2.75) is 13.1 Å². The van der Waals surface area contributed by atoms with Crippen LogP contribution in [0.25, 0.3) is 10.9 Å². The molecule has 32 heavy (non-hydrogen) atoms. The van der Waals surface area contributed by atoms with E-state index in [1.807, 2.05) is 70.4 Å². The Morgan fingerprint density at radius 3 is 2.44 bits per heavy atom. The number of nitrogens with two attached hydrogens (primary N) is 1. The standard InChI is InChI=1S/C24H25N7O/c25-23-20-4-1-2-5-21(20)27-22(28-23)17-29-12-14-30(15-13-29)24(32)19-8-6-18(7-9-19)16-31-11-3-10-26-31/h1-11H,12-17H2,(H2,25,27,28). The minimum Gasteiger partial charge on any atom is -0.383 e. The van der Waals surface area contributed by atoms with E-state index < -0.39 is 0 Å². The van der Waals surface area contributed by atoms with Gasteiger partial charge in [0.2, 0.25) is 0 Å². The lowest BCUT2D eigenvalue weighted by atomic mass is 10.1. The number of rotatable bonds is 5. The van der Waals surface area contributed by atoms with E-state index in [4.69, 9.17) is 5.73 Å². The number of anilines is 1. The lowest BCUT2D eigenvalue weighted by molar-refractivity contribution is 0.0625. The van der Waals surface area contributed by atoms with Crippen molar-refractivity contribution >= 4 is 22.6 Å². The number of hydrogen-bond acceptors (Lipinski definition) is 6. The van der Waals surface area contributed by atoms with Gasteiger partial charge in [-0.3, -0.25) is 14.4 Å². The summed E-state index contributed by atoms with van der Waals surface area (Å²) in [6.07, 6.45) is 3.69. The molecule has 1 aliphatic rings. The fourth-order valence-corrected chi connectivity index (χ4v) is 4.05. The summed E-state index contributed by atoms with van der Waals surface area (Å²) < 4.78 is 1.86. The highest BCUT2D eigenvalue weighted by atomic mass is 16.2. The Kier molecular flexibility index (Phi) is 5.51. The molecule has 1 saturated heterocycles. The van der Waals surface area contributed by atoms with Crippen molar-refractivity contribution in [3.05, 3.63) is 83.9 Å². The van der Waals surface area contributed by atoms with Gasteiger partial charge in [-0.05, 0) is 35.9 Å². The summed E-state index contributed by atoms with van der Waals surface area (Å²) in [6, 6.07) is 17.5. The number of para-hydroxylation sites is 1. The third-order valence-corrected chi connectivity index (χ3v) is 5.81. The van der Waals surface area contributed by atoms with Crippen molar-refractivity contribution in [1.29, 1.82) is 0 Å². The summed E-state index contributed by atoms with van der Waals surface area (Å²) in [6.45, 7) is 4.23. The van der Waals surface area contributed by atoms with Crippen LogP contribution in [0, 0.1) is 0 Å². The van der Waals surface area contributed by atoms with Crippen LogP contribution >= 0.6 is 0 Å². The highest BCUT2D eigenvalue weighted by Gasteiger charge is 2.23. The molecule has 162 valence electrons. The molecule has 4 aromatic rings. The molecular formula is C24H25N7O. The molecule has 5 rings (SSSR count). The van der Waals surface area contributed by atoms with E-state index in [1.165, 1.54) is 0 Å². The number of piperazine rings is 1. The second-order valence-corrected chi connectivity index (χ2v) is 8.01. The van der Waals surface area contributed by atoms with E-state index in [0.717, 1.165) is 29.6 Å². The number of benzene rings is 2. The van der Waals surface area contributed by atoms with Crippen molar-refractivity contribution in [2.75, 3.05) is 31.9 Å². The van der Waals surface area contributed by atoms with Crippen LogP contribution in [0.15, 0.2) is 67.0 Å². The number of amides is 1. The molecule has 1 fully saturated rings. The van der Waals surface area contributed by atoms with Crippen molar-refractivity contribution in [3.8, 4) is 0 Å². The van der Waals surface area contributed by atoms with E-state index in [0.29, 0.717) is 43.4 Å². The second-order valence-electron chi connectivity index (χ2n) is 8.01. The van der Waals surface area contributed by atoms with Gasteiger partial charge < -0.3 is 10.6 Å². The number of nitrogen functional groups attached to an aromatic ring is 1. The van der Waals surface area contributed by atoms with E-state index in [9.17, 15) is 4.79 Å². The Balaban J connectivity index is 1.18. The van der Waals surface area contributed by atoms with Crippen LogP contribution in [0.3, 0.4) is 0 Å². The minimum atomic E-state index is 0.0708. The zero-order valence-corrected chi connectivity index (χ0v) is 17.8. The Bertz CT molecular complexity index is 1210. The summed E-state index contributed by atoms with van der Waals surface area (Å²) in [5.74, 6) is 1.30. The highest BCUT2D eigenvalue weighted by Crippen LogP contribution is 2.18. The van der Waals surface area contributed by atoms with Crippen LogP contribution in [0.1, 0.15) is 21.7 Å². The molecule has 8 heteroatoms. The average Bonchev–Trinajstić information content (AvgIpc) is 3.33. The minimum absolute atomic E-state index is 0.0708. The van der Waals surface area contributed by atoms with Gasteiger partial charge in [-0.25, -0.2) is 9.97 Å². The normalized spacial score (nSPS) is 14.7. The van der Waals surface area contributed by atoms with Crippen molar-refractivity contribution < 1.29 is 4.79 Å². The summed E-state index contributed by atoms with van der Waals surface area (Å²) in [5, 5.41) is 5.10. The van der Waals surface area contributed by atoms with Crippen LogP contribution in [0.5, 0.6) is 0 Å². The van der Waals surface area contributed by atoms with Crippen molar-refractivity contribution in [1.82, 2.24) is 29.5 Å². The molecule has 0 bridgehead atoms. The maximum Gasteiger partial charge on any atom is 0.253 e. The molecule has 0 radical (unpaired) electrons. The zero-order valence-electron chi connectivity index (χ0n) is 17.8. The first-order valence-corrected chi connectivity index (χ1v) is 10.7. The van der Waals surface area contributed by atoms with E-state index in [1.54, 1.807) is 6.20 Å². The van der Waals surface area contributed by atoms with E-state index in [2.05, 4.69) is 20.0 Å². The molecule has 2 N–H and O–H groups in total. The summed E-state index contributed by atoms with van der Waals surface area (Å²) in [4.78, 5) is 26.2. The molecule has 1 amide bonds. The quantitative estimate of drug-likeness (QED) is 0.526. The van der Waals surface area contributed by atoms with Crippen LogP contribution < -0.4 is 5.73 Å². The Morgan fingerprint density at radius 1 is 0.906 bits per heavy atom. The van der Waals surface area contributed by atoms with Crippen LogP contribution in [0.4, 0.5) is 5.82 Å². The van der Waals surface area contributed by atoms with E-state index in [-0.39, 0.29) is 5.91 Å². The van der Waals surface area contributed by atoms with Gasteiger partial charge >= 0.3 is 0 Å². The molecule has 8 nitrogen and oxygen atoms in total. The maximum atomic E-state index is 12.9. The summed E-state index contributed by atoms with van der Waals surface area (Å²) in [5.41, 5.74) is 8.80. The number of carbonyl (C=O) groups is 1. The molecule has 0 saturated carbocycles. The molecule has 3 heterocycles.